The van der Waals surface area contributed by atoms with E-state index in [1.165, 1.54) is 0 Å². The van der Waals surface area contributed by atoms with E-state index in [0.717, 1.165) is 27.5 Å². The third-order valence-electron chi connectivity index (χ3n) is 3.89. The molecule has 0 spiro atoms. The molecule has 0 aliphatic heterocycles. The van der Waals surface area contributed by atoms with Crippen LogP contribution in [-0.2, 0) is 0 Å². The van der Waals surface area contributed by atoms with Gasteiger partial charge in [0.25, 0.3) is 0 Å². The summed E-state index contributed by atoms with van der Waals surface area (Å²) >= 11 is 0. The molecule has 0 saturated carbocycles. The molecule has 5 heteroatoms. The molecule has 0 aliphatic carbocycles. The Kier molecular flexibility index (Phi) is 2.43. The van der Waals surface area contributed by atoms with Crippen LogP contribution in [0.5, 0.6) is 0 Å². The van der Waals surface area contributed by atoms with Crippen molar-refractivity contribution in [1.82, 2.24) is 19.9 Å². The molecule has 1 aromatic carbocycles. The quantitative estimate of drug-likeness (QED) is 0.468. The average molecular weight is 298 g/mol. The molecule has 5 nitrogen and oxygen atoms in total. The van der Waals surface area contributed by atoms with Crippen molar-refractivity contribution in [3.63, 3.8) is 0 Å². The summed E-state index contributed by atoms with van der Waals surface area (Å²) < 4.78 is 5.77. The topological polar surface area (TPSA) is 64.7 Å². The highest BCUT2D eigenvalue weighted by Crippen LogP contribution is 2.31. The van der Waals surface area contributed by atoms with Crippen LogP contribution in [0.4, 0.5) is 0 Å². The Balaban J connectivity index is 1.81. The molecule has 0 amide bonds. The monoisotopic (exact) mass is 298 g/mol. The highest BCUT2D eigenvalue weighted by Gasteiger charge is 2.12. The molecule has 108 valence electrons. The van der Waals surface area contributed by atoms with Crippen molar-refractivity contribution in [3.05, 3.63) is 61.2 Å². The summed E-state index contributed by atoms with van der Waals surface area (Å²) in [6.07, 6.45) is 6.88. The average Bonchev–Trinajstić information content (AvgIpc) is 2.99. The smallest absolute Gasteiger partial charge is 0.247 e. The van der Waals surface area contributed by atoms with E-state index < -0.39 is 0 Å². The third-order valence-corrected chi connectivity index (χ3v) is 3.89. The Bertz CT molecular complexity index is 1170. The summed E-state index contributed by atoms with van der Waals surface area (Å²) in [5.41, 5.74) is 5.53. The Morgan fingerprint density at radius 2 is 1.61 bits per heavy atom. The molecular formula is C18H10N4O. The minimum Gasteiger partial charge on any atom is -0.435 e. The number of nitrogens with zero attached hydrogens (tertiary/aromatic N) is 4. The van der Waals surface area contributed by atoms with E-state index in [1.54, 1.807) is 18.6 Å². The fourth-order valence-electron chi connectivity index (χ4n) is 2.85. The number of hydrogen-bond donors (Lipinski definition) is 0. The predicted molar refractivity (Wildman–Crippen MR) is 87.8 cm³/mol. The summed E-state index contributed by atoms with van der Waals surface area (Å²) in [6, 6.07) is 12.1. The van der Waals surface area contributed by atoms with Gasteiger partial charge < -0.3 is 4.42 Å². The van der Waals surface area contributed by atoms with Gasteiger partial charge in [-0.25, -0.2) is 15.0 Å². The Labute approximate surface area is 130 Å². The number of para-hydroxylation sites is 1. The number of pyridine rings is 2. The first-order chi connectivity index (χ1) is 11.4. The van der Waals surface area contributed by atoms with Gasteiger partial charge in [-0.3, -0.25) is 4.98 Å². The van der Waals surface area contributed by atoms with Gasteiger partial charge in [0.2, 0.25) is 5.71 Å². The second-order valence-corrected chi connectivity index (χ2v) is 5.26. The van der Waals surface area contributed by atoms with Gasteiger partial charge in [0.05, 0.1) is 5.52 Å². The number of benzene rings is 1. The molecule has 4 aromatic heterocycles. The minimum atomic E-state index is 0.503. The lowest BCUT2D eigenvalue weighted by molar-refractivity contribution is 0.652. The Morgan fingerprint density at radius 1 is 0.739 bits per heavy atom. The molecule has 0 atom stereocenters. The largest absolute Gasteiger partial charge is 0.435 e. The van der Waals surface area contributed by atoms with E-state index in [4.69, 9.17) is 4.42 Å². The molecule has 0 fully saturated rings. The van der Waals surface area contributed by atoms with Gasteiger partial charge in [-0.05, 0) is 12.1 Å². The fraction of sp³-hybridized carbons (Fsp3) is 0. The van der Waals surface area contributed by atoms with E-state index in [2.05, 4.69) is 19.9 Å². The number of hydrogen-bond acceptors (Lipinski definition) is 5. The van der Waals surface area contributed by atoms with Crippen molar-refractivity contribution in [2.24, 2.45) is 0 Å². The normalized spacial score (nSPS) is 11.5. The van der Waals surface area contributed by atoms with Gasteiger partial charge in [-0.2, -0.15) is 0 Å². The van der Waals surface area contributed by atoms with Gasteiger partial charge in [-0.1, -0.05) is 24.3 Å². The Hall–Kier alpha value is -3.34. The predicted octanol–water partition coefficient (Wildman–Crippen LogP) is 3.99. The van der Waals surface area contributed by atoms with Gasteiger partial charge in [-0.15, -0.1) is 0 Å². The van der Waals surface area contributed by atoms with Gasteiger partial charge >= 0.3 is 0 Å². The van der Waals surface area contributed by atoms with Crippen molar-refractivity contribution >= 4 is 33.2 Å². The van der Waals surface area contributed by atoms with Crippen LogP contribution in [0.1, 0.15) is 0 Å². The molecule has 5 rings (SSSR count). The first kappa shape index (κ1) is 12.2. The summed E-state index contributed by atoms with van der Waals surface area (Å²) in [5, 5.41) is 1.10. The van der Waals surface area contributed by atoms with Crippen LogP contribution in [0, 0.1) is 0 Å². The van der Waals surface area contributed by atoms with Crippen LogP contribution < -0.4 is 0 Å². The first-order valence-electron chi connectivity index (χ1n) is 7.23. The highest BCUT2D eigenvalue weighted by atomic mass is 16.3. The van der Waals surface area contributed by atoms with Gasteiger partial charge in [0, 0.05) is 41.3 Å². The molecule has 0 N–H and O–H groups in total. The molecule has 0 saturated heterocycles. The van der Waals surface area contributed by atoms with Gasteiger partial charge in [0.15, 0.2) is 11.1 Å². The van der Waals surface area contributed by atoms with Crippen LogP contribution in [0.3, 0.4) is 0 Å². The standard InChI is InChI=1S/C18H10N4O/c1-3-11-4-2-6-19-15(11)13(5-1)12-9-14-16(22-10-12)17-18(23-14)21-8-7-20-17/h1-10H. The molecule has 5 aromatic rings. The molecule has 0 radical (unpaired) electrons. The first-order valence-corrected chi connectivity index (χ1v) is 7.23. The minimum absolute atomic E-state index is 0.503. The van der Waals surface area contributed by atoms with Crippen molar-refractivity contribution in [2.45, 2.75) is 0 Å². The van der Waals surface area contributed by atoms with Crippen LogP contribution >= 0.6 is 0 Å². The Morgan fingerprint density at radius 3 is 2.61 bits per heavy atom. The number of fused-ring (bicyclic) bond motifs is 4. The van der Waals surface area contributed by atoms with Crippen molar-refractivity contribution in [3.8, 4) is 11.1 Å². The molecule has 0 bridgehead atoms. The summed E-state index contributed by atoms with van der Waals surface area (Å²) in [6.45, 7) is 0. The summed E-state index contributed by atoms with van der Waals surface area (Å²) in [5.74, 6) is 0. The van der Waals surface area contributed by atoms with Crippen LogP contribution in [0.2, 0.25) is 0 Å². The van der Waals surface area contributed by atoms with Gasteiger partial charge in [0.1, 0.15) is 5.52 Å². The SMILES string of the molecule is c1cnc2c(-c3cnc4c(c3)oc3nccnc34)cccc2c1. The molecular weight excluding hydrogens is 288 g/mol. The molecule has 4 heterocycles. The number of aromatic nitrogens is 4. The highest BCUT2D eigenvalue weighted by molar-refractivity contribution is 6.01. The van der Waals surface area contributed by atoms with Crippen LogP contribution in [-0.4, -0.2) is 19.9 Å². The summed E-state index contributed by atoms with van der Waals surface area (Å²) in [4.78, 5) is 17.5. The van der Waals surface area contributed by atoms with E-state index in [1.807, 2.05) is 42.6 Å². The van der Waals surface area contributed by atoms with Crippen LogP contribution in [0.25, 0.3) is 44.4 Å². The zero-order chi connectivity index (χ0) is 15.2. The van der Waals surface area contributed by atoms with Crippen LogP contribution in [0.15, 0.2) is 65.6 Å². The third kappa shape index (κ3) is 1.80. The lowest BCUT2D eigenvalue weighted by Gasteiger charge is -2.05. The second kappa shape index (κ2) is 4.58. The fourth-order valence-corrected chi connectivity index (χ4v) is 2.85. The zero-order valence-electron chi connectivity index (χ0n) is 12.0. The van der Waals surface area contributed by atoms with Crippen molar-refractivity contribution < 1.29 is 4.42 Å². The van der Waals surface area contributed by atoms with E-state index in [-0.39, 0.29) is 0 Å². The summed E-state index contributed by atoms with van der Waals surface area (Å²) in [7, 11) is 0. The lowest BCUT2D eigenvalue weighted by atomic mass is 10.0. The number of furan rings is 1. The zero-order valence-corrected chi connectivity index (χ0v) is 12.0. The lowest BCUT2D eigenvalue weighted by Crippen LogP contribution is -1.86. The van der Waals surface area contributed by atoms with Crippen molar-refractivity contribution in [2.75, 3.05) is 0 Å². The molecule has 0 aliphatic rings. The van der Waals surface area contributed by atoms with E-state index in [0.29, 0.717) is 16.8 Å². The van der Waals surface area contributed by atoms with E-state index >= 15 is 0 Å². The maximum absolute atomic E-state index is 5.77. The maximum atomic E-state index is 5.77. The maximum Gasteiger partial charge on any atom is 0.247 e. The number of rotatable bonds is 1. The van der Waals surface area contributed by atoms with Crippen molar-refractivity contribution in [1.29, 1.82) is 0 Å². The molecule has 23 heavy (non-hydrogen) atoms. The van der Waals surface area contributed by atoms with E-state index in [9.17, 15) is 0 Å². The second-order valence-electron chi connectivity index (χ2n) is 5.26. The molecule has 0 unspecified atom stereocenters.